The second-order valence-electron chi connectivity index (χ2n) is 5.87. The molecule has 120 valence electrons. The van der Waals surface area contributed by atoms with E-state index in [-0.39, 0.29) is 23.6 Å². The molecule has 5 nitrogen and oxygen atoms in total. The lowest BCUT2D eigenvalue weighted by Crippen LogP contribution is -2.60. The highest BCUT2D eigenvalue weighted by Gasteiger charge is 2.39. The average molecular weight is 308 g/mol. The number of amides is 1. The van der Waals surface area contributed by atoms with Crippen LogP contribution in [0.15, 0.2) is 18.2 Å². The minimum atomic E-state index is -0.545. The van der Waals surface area contributed by atoms with E-state index >= 15 is 0 Å². The fraction of sp³-hybridized carbons (Fsp3) is 0.562. The molecule has 2 aliphatic rings. The van der Waals surface area contributed by atoms with Gasteiger partial charge in [0, 0.05) is 25.7 Å². The highest BCUT2D eigenvalue weighted by Crippen LogP contribution is 2.25. The van der Waals surface area contributed by atoms with Crippen LogP contribution < -0.4 is 4.74 Å². The number of rotatable bonds is 2. The Morgan fingerprint density at radius 2 is 2.23 bits per heavy atom. The van der Waals surface area contributed by atoms with Crippen molar-refractivity contribution in [3.05, 3.63) is 29.6 Å². The molecule has 2 fully saturated rings. The van der Waals surface area contributed by atoms with Crippen molar-refractivity contribution in [1.82, 2.24) is 9.80 Å². The zero-order chi connectivity index (χ0) is 15.7. The Morgan fingerprint density at radius 1 is 1.41 bits per heavy atom. The Labute approximate surface area is 129 Å². The number of morpholine rings is 1. The van der Waals surface area contributed by atoms with Crippen molar-refractivity contribution in [2.45, 2.75) is 18.6 Å². The number of likely N-dealkylation sites (tertiary alicyclic amines) is 1. The van der Waals surface area contributed by atoms with Crippen LogP contribution >= 0.6 is 0 Å². The van der Waals surface area contributed by atoms with Crippen LogP contribution in [0.25, 0.3) is 0 Å². The molecule has 1 amide bonds. The number of carbonyl (C=O) groups excluding carboxylic acids is 1. The minimum Gasteiger partial charge on any atom is -0.497 e. The molecule has 0 aliphatic carbocycles. The molecule has 0 aromatic heterocycles. The molecular weight excluding hydrogens is 287 g/mol. The Hall–Kier alpha value is -1.66. The first-order chi connectivity index (χ1) is 10.6. The van der Waals surface area contributed by atoms with Crippen molar-refractivity contribution in [1.29, 1.82) is 0 Å². The Bertz CT molecular complexity index is 566. The number of halogens is 1. The van der Waals surface area contributed by atoms with Gasteiger partial charge < -0.3 is 19.3 Å². The van der Waals surface area contributed by atoms with Crippen LogP contribution in [-0.4, -0.2) is 68.3 Å². The van der Waals surface area contributed by atoms with Crippen LogP contribution in [0.1, 0.15) is 16.8 Å². The molecule has 0 bridgehead atoms. The maximum Gasteiger partial charge on any atom is 0.257 e. The zero-order valence-corrected chi connectivity index (χ0v) is 12.9. The van der Waals surface area contributed by atoms with Gasteiger partial charge in [-0.25, -0.2) is 4.39 Å². The van der Waals surface area contributed by atoms with Gasteiger partial charge in [-0.05, 0) is 25.6 Å². The Morgan fingerprint density at radius 3 is 2.95 bits per heavy atom. The smallest absolute Gasteiger partial charge is 0.257 e. The standard InChI is InChI=1S/C16H21FN2O3/c1-18-6-5-15-14(10-18)19(7-8-22-15)16(20)12-4-3-11(21-2)9-13(12)17/h3-4,9,14-15H,5-8,10H2,1-2H3/t14-,15+/m1/s1. The molecule has 6 heteroatoms. The van der Waals surface area contributed by atoms with Gasteiger partial charge in [-0.2, -0.15) is 0 Å². The van der Waals surface area contributed by atoms with E-state index in [4.69, 9.17) is 9.47 Å². The van der Waals surface area contributed by atoms with Crippen LogP contribution in [0, 0.1) is 5.82 Å². The Balaban J connectivity index is 1.84. The molecule has 1 aromatic carbocycles. The third-order valence-corrected chi connectivity index (χ3v) is 4.46. The van der Waals surface area contributed by atoms with Gasteiger partial charge in [0.1, 0.15) is 11.6 Å². The number of fused-ring (bicyclic) bond motifs is 1. The summed E-state index contributed by atoms with van der Waals surface area (Å²) in [5.74, 6) is -0.406. The molecule has 3 rings (SSSR count). The van der Waals surface area contributed by atoms with E-state index in [1.165, 1.54) is 19.2 Å². The number of nitrogens with zero attached hydrogens (tertiary/aromatic N) is 2. The van der Waals surface area contributed by atoms with E-state index in [9.17, 15) is 9.18 Å². The lowest BCUT2D eigenvalue weighted by Gasteiger charge is -2.46. The van der Waals surface area contributed by atoms with Gasteiger partial charge in [-0.1, -0.05) is 0 Å². The van der Waals surface area contributed by atoms with Crippen LogP contribution in [-0.2, 0) is 4.74 Å². The number of hydrogen-bond acceptors (Lipinski definition) is 4. The van der Waals surface area contributed by atoms with Crippen molar-refractivity contribution in [2.75, 3.05) is 40.4 Å². The molecule has 2 aliphatic heterocycles. The van der Waals surface area contributed by atoms with Gasteiger partial charge in [0.15, 0.2) is 0 Å². The van der Waals surface area contributed by atoms with E-state index in [0.29, 0.717) is 18.9 Å². The first-order valence-electron chi connectivity index (χ1n) is 7.55. The number of benzene rings is 1. The Kier molecular flexibility index (Phi) is 4.31. The fourth-order valence-corrected chi connectivity index (χ4v) is 3.23. The minimum absolute atomic E-state index is 0.0125. The summed E-state index contributed by atoms with van der Waals surface area (Å²) in [4.78, 5) is 16.7. The lowest BCUT2D eigenvalue weighted by atomic mass is 9.98. The van der Waals surface area contributed by atoms with Crippen molar-refractivity contribution >= 4 is 5.91 Å². The van der Waals surface area contributed by atoms with E-state index in [1.54, 1.807) is 11.0 Å². The average Bonchev–Trinajstić information content (AvgIpc) is 2.53. The van der Waals surface area contributed by atoms with Crippen LogP contribution in [0.2, 0.25) is 0 Å². The summed E-state index contributed by atoms with van der Waals surface area (Å²) >= 11 is 0. The molecule has 0 unspecified atom stereocenters. The quantitative estimate of drug-likeness (QED) is 0.828. The van der Waals surface area contributed by atoms with Crippen molar-refractivity contribution < 1.29 is 18.7 Å². The summed E-state index contributed by atoms with van der Waals surface area (Å²) in [5.41, 5.74) is 0.0923. The molecule has 22 heavy (non-hydrogen) atoms. The predicted molar refractivity (Wildman–Crippen MR) is 79.6 cm³/mol. The topological polar surface area (TPSA) is 42.0 Å². The second-order valence-corrected chi connectivity index (χ2v) is 5.87. The number of hydrogen-bond donors (Lipinski definition) is 0. The third kappa shape index (κ3) is 2.80. The number of ether oxygens (including phenoxy) is 2. The number of likely N-dealkylation sites (N-methyl/N-ethyl adjacent to an activating group) is 1. The predicted octanol–water partition coefficient (Wildman–Crippen LogP) is 1.38. The first kappa shape index (κ1) is 15.2. The first-order valence-corrected chi connectivity index (χ1v) is 7.55. The molecule has 0 N–H and O–H groups in total. The van der Waals surface area contributed by atoms with Crippen molar-refractivity contribution in [2.24, 2.45) is 0 Å². The highest BCUT2D eigenvalue weighted by molar-refractivity contribution is 5.95. The SMILES string of the molecule is COc1ccc(C(=O)N2CCO[C@H]3CCN(C)C[C@H]32)c(F)c1. The monoisotopic (exact) mass is 308 g/mol. The largest absolute Gasteiger partial charge is 0.497 e. The maximum atomic E-state index is 14.2. The van der Waals surface area contributed by atoms with Crippen LogP contribution in [0.5, 0.6) is 5.75 Å². The van der Waals surface area contributed by atoms with E-state index in [1.807, 2.05) is 7.05 Å². The van der Waals surface area contributed by atoms with Gasteiger partial charge >= 0.3 is 0 Å². The van der Waals surface area contributed by atoms with Gasteiger partial charge in [-0.3, -0.25) is 4.79 Å². The van der Waals surface area contributed by atoms with E-state index < -0.39 is 5.82 Å². The molecule has 0 radical (unpaired) electrons. The summed E-state index contributed by atoms with van der Waals surface area (Å²) in [5, 5.41) is 0. The molecule has 0 spiro atoms. The summed E-state index contributed by atoms with van der Waals surface area (Å²) in [6, 6.07) is 4.34. The van der Waals surface area contributed by atoms with E-state index in [2.05, 4.69) is 4.90 Å². The highest BCUT2D eigenvalue weighted by atomic mass is 19.1. The second kappa shape index (κ2) is 6.22. The molecule has 2 atom stereocenters. The molecule has 0 saturated carbocycles. The van der Waals surface area contributed by atoms with Gasteiger partial charge in [0.2, 0.25) is 0 Å². The molecule has 2 saturated heterocycles. The van der Waals surface area contributed by atoms with Crippen molar-refractivity contribution in [3.63, 3.8) is 0 Å². The van der Waals surface area contributed by atoms with Gasteiger partial charge in [0.05, 0.1) is 31.4 Å². The summed E-state index contributed by atoms with van der Waals surface area (Å²) in [6.45, 7) is 2.72. The normalized spacial score (nSPS) is 25.7. The summed E-state index contributed by atoms with van der Waals surface area (Å²) < 4.78 is 24.9. The summed E-state index contributed by atoms with van der Waals surface area (Å²) in [7, 11) is 3.50. The van der Waals surface area contributed by atoms with Crippen LogP contribution in [0.3, 0.4) is 0 Å². The molecule has 1 aromatic rings. The fourth-order valence-electron chi connectivity index (χ4n) is 3.23. The number of carbonyl (C=O) groups is 1. The van der Waals surface area contributed by atoms with Crippen LogP contribution in [0.4, 0.5) is 4.39 Å². The molecule has 2 heterocycles. The summed E-state index contributed by atoms with van der Waals surface area (Å²) in [6.07, 6.45) is 0.950. The third-order valence-electron chi connectivity index (χ3n) is 4.46. The molecular formula is C16H21FN2O3. The van der Waals surface area contributed by atoms with Gasteiger partial charge in [-0.15, -0.1) is 0 Å². The number of methoxy groups -OCH3 is 1. The van der Waals surface area contributed by atoms with E-state index in [0.717, 1.165) is 19.5 Å². The number of piperidine rings is 1. The lowest BCUT2D eigenvalue weighted by molar-refractivity contribution is -0.0870. The maximum absolute atomic E-state index is 14.2. The van der Waals surface area contributed by atoms with Crippen molar-refractivity contribution in [3.8, 4) is 5.75 Å². The van der Waals surface area contributed by atoms with Gasteiger partial charge in [0.25, 0.3) is 5.91 Å². The zero-order valence-electron chi connectivity index (χ0n) is 12.9.